The zero-order valence-corrected chi connectivity index (χ0v) is 14.0. The van der Waals surface area contributed by atoms with Crippen LogP contribution in [0.1, 0.15) is 30.4 Å². The molecule has 126 valence electrons. The summed E-state index contributed by atoms with van der Waals surface area (Å²) in [5.41, 5.74) is 2.57. The SMILES string of the molecule is Cc1ccccc1CCNC(=O)CN1CC2CCCC(C1)C2O. The molecule has 2 fully saturated rings. The van der Waals surface area contributed by atoms with E-state index in [4.69, 9.17) is 0 Å². The van der Waals surface area contributed by atoms with E-state index in [-0.39, 0.29) is 12.0 Å². The van der Waals surface area contributed by atoms with Crippen molar-refractivity contribution in [2.45, 2.75) is 38.7 Å². The highest BCUT2D eigenvalue weighted by Crippen LogP contribution is 2.34. The number of aliphatic hydroxyl groups is 1. The first-order valence-electron chi connectivity index (χ1n) is 8.85. The molecule has 0 radical (unpaired) electrons. The zero-order chi connectivity index (χ0) is 16.2. The number of nitrogens with zero attached hydrogens (tertiary/aromatic N) is 1. The van der Waals surface area contributed by atoms with Crippen LogP contribution in [0.5, 0.6) is 0 Å². The first kappa shape index (κ1) is 16.5. The zero-order valence-electron chi connectivity index (χ0n) is 14.0. The Morgan fingerprint density at radius 2 is 1.96 bits per heavy atom. The molecule has 1 aromatic carbocycles. The molecule has 2 N–H and O–H groups in total. The highest BCUT2D eigenvalue weighted by molar-refractivity contribution is 5.78. The molecule has 1 heterocycles. The van der Waals surface area contributed by atoms with Gasteiger partial charge in [-0.3, -0.25) is 9.69 Å². The lowest BCUT2D eigenvalue weighted by Gasteiger charge is -2.44. The van der Waals surface area contributed by atoms with E-state index in [1.165, 1.54) is 17.5 Å². The van der Waals surface area contributed by atoms with E-state index in [1.54, 1.807) is 0 Å². The molecule has 1 amide bonds. The van der Waals surface area contributed by atoms with E-state index >= 15 is 0 Å². The van der Waals surface area contributed by atoms with E-state index in [2.05, 4.69) is 29.3 Å². The van der Waals surface area contributed by atoms with Crippen molar-refractivity contribution < 1.29 is 9.90 Å². The van der Waals surface area contributed by atoms with Gasteiger partial charge in [0.25, 0.3) is 0 Å². The van der Waals surface area contributed by atoms with Crippen molar-refractivity contribution in [2.24, 2.45) is 11.8 Å². The van der Waals surface area contributed by atoms with Crippen molar-refractivity contribution in [3.63, 3.8) is 0 Å². The number of fused-ring (bicyclic) bond motifs is 2. The quantitative estimate of drug-likeness (QED) is 0.870. The van der Waals surface area contributed by atoms with Crippen molar-refractivity contribution in [3.05, 3.63) is 35.4 Å². The molecule has 2 atom stereocenters. The Morgan fingerprint density at radius 1 is 1.26 bits per heavy atom. The molecule has 3 rings (SSSR count). The van der Waals surface area contributed by atoms with Gasteiger partial charge >= 0.3 is 0 Å². The molecular formula is C19H28N2O2. The molecule has 1 aliphatic carbocycles. The maximum atomic E-state index is 12.2. The second-order valence-corrected chi connectivity index (χ2v) is 7.16. The summed E-state index contributed by atoms with van der Waals surface area (Å²) in [7, 11) is 0. The number of likely N-dealkylation sites (tertiary alicyclic amines) is 1. The fourth-order valence-corrected chi connectivity index (χ4v) is 4.12. The predicted octanol–water partition coefficient (Wildman–Crippen LogP) is 1.75. The van der Waals surface area contributed by atoms with Gasteiger partial charge in [-0.05, 0) is 49.1 Å². The summed E-state index contributed by atoms with van der Waals surface area (Å²) >= 11 is 0. The number of hydrogen-bond donors (Lipinski definition) is 2. The van der Waals surface area contributed by atoms with Gasteiger partial charge in [-0.2, -0.15) is 0 Å². The van der Waals surface area contributed by atoms with Crippen LogP contribution in [0.3, 0.4) is 0 Å². The first-order chi connectivity index (χ1) is 11.1. The molecule has 0 aromatic heterocycles. The van der Waals surface area contributed by atoms with Gasteiger partial charge < -0.3 is 10.4 Å². The van der Waals surface area contributed by atoms with Crippen LogP contribution in [0, 0.1) is 18.8 Å². The van der Waals surface area contributed by atoms with Crippen molar-refractivity contribution in [2.75, 3.05) is 26.2 Å². The van der Waals surface area contributed by atoms with Crippen LogP contribution in [-0.4, -0.2) is 48.2 Å². The number of amides is 1. The van der Waals surface area contributed by atoms with Crippen LogP contribution in [0.2, 0.25) is 0 Å². The minimum Gasteiger partial charge on any atom is -0.392 e. The second-order valence-electron chi connectivity index (χ2n) is 7.16. The fraction of sp³-hybridized carbons (Fsp3) is 0.632. The molecule has 23 heavy (non-hydrogen) atoms. The lowest BCUT2D eigenvalue weighted by Crippen LogP contribution is -2.53. The maximum Gasteiger partial charge on any atom is 0.234 e. The number of aryl methyl sites for hydroxylation is 1. The third kappa shape index (κ3) is 4.12. The topological polar surface area (TPSA) is 52.6 Å². The monoisotopic (exact) mass is 316 g/mol. The summed E-state index contributed by atoms with van der Waals surface area (Å²) in [5, 5.41) is 13.2. The Morgan fingerprint density at radius 3 is 2.65 bits per heavy atom. The van der Waals surface area contributed by atoms with E-state index in [0.29, 0.717) is 24.9 Å². The summed E-state index contributed by atoms with van der Waals surface area (Å²) in [6, 6.07) is 8.31. The first-order valence-corrected chi connectivity index (χ1v) is 8.85. The Labute approximate surface area is 138 Å². The van der Waals surface area contributed by atoms with Crippen LogP contribution in [0.25, 0.3) is 0 Å². The van der Waals surface area contributed by atoms with Crippen molar-refractivity contribution in [1.82, 2.24) is 10.2 Å². The van der Waals surface area contributed by atoms with Gasteiger partial charge in [0.15, 0.2) is 0 Å². The summed E-state index contributed by atoms with van der Waals surface area (Å²) in [4.78, 5) is 14.4. The number of piperidine rings is 1. The smallest absolute Gasteiger partial charge is 0.234 e. The Kier molecular flexibility index (Phi) is 5.34. The summed E-state index contributed by atoms with van der Waals surface area (Å²) in [6.45, 7) is 4.99. The summed E-state index contributed by atoms with van der Waals surface area (Å²) in [6.07, 6.45) is 4.15. The molecule has 1 saturated carbocycles. The van der Waals surface area contributed by atoms with Gasteiger partial charge in [0.2, 0.25) is 5.91 Å². The Bertz CT molecular complexity index is 532. The molecule has 2 unspecified atom stereocenters. The second kappa shape index (κ2) is 7.45. The lowest BCUT2D eigenvalue weighted by molar-refractivity contribution is -0.124. The molecular weight excluding hydrogens is 288 g/mol. The molecule has 4 heteroatoms. The minimum atomic E-state index is -0.149. The molecule has 4 nitrogen and oxygen atoms in total. The highest BCUT2D eigenvalue weighted by atomic mass is 16.3. The third-order valence-electron chi connectivity index (χ3n) is 5.45. The molecule has 2 aliphatic rings. The lowest BCUT2D eigenvalue weighted by atomic mass is 9.75. The van der Waals surface area contributed by atoms with Gasteiger partial charge in [-0.15, -0.1) is 0 Å². The molecule has 1 aliphatic heterocycles. The van der Waals surface area contributed by atoms with Gasteiger partial charge in [-0.25, -0.2) is 0 Å². The number of carbonyl (C=O) groups excluding carboxylic acids is 1. The van der Waals surface area contributed by atoms with Crippen LogP contribution in [-0.2, 0) is 11.2 Å². The maximum absolute atomic E-state index is 12.2. The average molecular weight is 316 g/mol. The van der Waals surface area contributed by atoms with Crippen molar-refractivity contribution in [1.29, 1.82) is 0 Å². The minimum absolute atomic E-state index is 0.105. The van der Waals surface area contributed by atoms with Crippen molar-refractivity contribution >= 4 is 5.91 Å². The van der Waals surface area contributed by atoms with Gasteiger partial charge in [0.05, 0.1) is 12.6 Å². The summed E-state index contributed by atoms with van der Waals surface area (Å²) in [5.74, 6) is 0.831. The molecule has 2 bridgehead atoms. The van der Waals surface area contributed by atoms with Gasteiger partial charge in [0, 0.05) is 19.6 Å². The fourth-order valence-electron chi connectivity index (χ4n) is 4.12. The van der Waals surface area contributed by atoms with Crippen LogP contribution in [0.4, 0.5) is 0 Å². The van der Waals surface area contributed by atoms with Gasteiger partial charge in [0.1, 0.15) is 0 Å². The molecule has 1 aromatic rings. The number of nitrogens with one attached hydrogen (secondary N) is 1. The predicted molar refractivity (Wildman–Crippen MR) is 91.2 cm³/mol. The Balaban J connectivity index is 1.42. The van der Waals surface area contributed by atoms with E-state index in [1.807, 2.05) is 12.1 Å². The average Bonchev–Trinajstić information content (AvgIpc) is 2.50. The molecule has 1 saturated heterocycles. The van der Waals surface area contributed by atoms with E-state index in [0.717, 1.165) is 32.4 Å². The van der Waals surface area contributed by atoms with Crippen molar-refractivity contribution in [3.8, 4) is 0 Å². The number of hydrogen-bond acceptors (Lipinski definition) is 3. The third-order valence-corrected chi connectivity index (χ3v) is 5.45. The number of rotatable bonds is 5. The van der Waals surface area contributed by atoms with E-state index < -0.39 is 0 Å². The van der Waals surface area contributed by atoms with Crippen LogP contribution >= 0.6 is 0 Å². The standard InChI is InChI=1S/C19H28N2O2/c1-14-5-2-3-6-15(14)9-10-20-18(22)13-21-11-16-7-4-8-17(12-21)19(16)23/h2-3,5-6,16-17,19,23H,4,7-13H2,1H3,(H,20,22). The molecule has 0 spiro atoms. The van der Waals surface area contributed by atoms with Crippen LogP contribution in [0.15, 0.2) is 24.3 Å². The van der Waals surface area contributed by atoms with Crippen LogP contribution < -0.4 is 5.32 Å². The van der Waals surface area contributed by atoms with Gasteiger partial charge in [-0.1, -0.05) is 30.7 Å². The van der Waals surface area contributed by atoms with E-state index in [9.17, 15) is 9.90 Å². The number of carbonyl (C=O) groups is 1. The Hall–Kier alpha value is -1.39. The highest BCUT2D eigenvalue weighted by Gasteiger charge is 2.38. The summed E-state index contributed by atoms with van der Waals surface area (Å²) < 4.78 is 0. The number of benzene rings is 1. The largest absolute Gasteiger partial charge is 0.392 e. The normalized spacial score (nSPS) is 27.7. The number of aliphatic hydroxyl groups excluding tert-OH is 1.